The van der Waals surface area contributed by atoms with Crippen molar-refractivity contribution in [3.05, 3.63) is 58.7 Å². The number of nitrogens with one attached hydrogen (secondary N) is 2. The number of aryl methyl sites for hydroxylation is 3. The lowest BCUT2D eigenvalue weighted by Gasteiger charge is -2.26. The van der Waals surface area contributed by atoms with Gasteiger partial charge in [-0.1, -0.05) is 19.1 Å². The van der Waals surface area contributed by atoms with Gasteiger partial charge >= 0.3 is 6.03 Å². The topological polar surface area (TPSA) is 87.7 Å². The van der Waals surface area contributed by atoms with Crippen LogP contribution >= 0.6 is 0 Å². The lowest BCUT2D eigenvalue weighted by atomic mass is 9.86. The van der Waals surface area contributed by atoms with Crippen molar-refractivity contribution in [2.45, 2.75) is 39.7 Å². The number of imide groups is 1. The number of amides is 4. The molecule has 30 heavy (non-hydrogen) atoms. The Morgan fingerprint density at radius 2 is 1.80 bits per heavy atom. The summed E-state index contributed by atoms with van der Waals surface area (Å²) in [6.45, 7) is 7.29. The van der Waals surface area contributed by atoms with Crippen molar-refractivity contribution in [2.75, 3.05) is 19.0 Å². The third kappa shape index (κ3) is 3.75. The number of rotatable bonds is 6. The van der Waals surface area contributed by atoms with Gasteiger partial charge < -0.3 is 15.4 Å². The molecule has 0 aromatic heterocycles. The van der Waals surface area contributed by atoms with Gasteiger partial charge in [-0.05, 0) is 73.7 Å². The molecule has 1 aliphatic rings. The summed E-state index contributed by atoms with van der Waals surface area (Å²) in [5, 5.41) is 5.56. The number of anilines is 1. The van der Waals surface area contributed by atoms with Gasteiger partial charge in [0.1, 0.15) is 17.8 Å². The normalized spacial score (nSPS) is 18.4. The minimum absolute atomic E-state index is 0.353. The van der Waals surface area contributed by atoms with E-state index in [0.29, 0.717) is 23.4 Å². The Labute approximate surface area is 176 Å². The molecule has 2 N–H and O–H groups in total. The number of nitrogens with zero attached hydrogens (tertiary/aromatic N) is 1. The number of benzene rings is 2. The SMILES string of the molecule is CCC1(c2ccc(OC)c(C)c2)NC(=O)N(CC(=O)Nc2ccc(C)c(C)c2)C1=O. The molecule has 2 aromatic carbocycles. The predicted molar refractivity (Wildman–Crippen MR) is 114 cm³/mol. The monoisotopic (exact) mass is 409 g/mol. The zero-order valence-electron chi connectivity index (χ0n) is 18.0. The second kappa shape index (κ2) is 8.18. The average Bonchev–Trinajstić information content (AvgIpc) is 2.95. The van der Waals surface area contributed by atoms with Gasteiger partial charge in [0.05, 0.1) is 7.11 Å². The lowest BCUT2D eigenvalue weighted by molar-refractivity contribution is -0.134. The Morgan fingerprint density at radius 3 is 2.40 bits per heavy atom. The Kier molecular flexibility index (Phi) is 5.82. The molecule has 1 atom stereocenters. The van der Waals surface area contributed by atoms with E-state index >= 15 is 0 Å². The van der Waals surface area contributed by atoms with Crippen molar-refractivity contribution in [2.24, 2.45) is 0 Å². The van der Waals surface area contributed by atoms with Crippen molar-refractivity contribution >= 4 is 23.5 Å². The first-order valence-electron chi connectivity index (χ1n) is 9.88. The van der Waals surface area contributed by atoms with E-state index in [1.807, 2.05) is 45.9 Å². The highest BCUT2D eigenvalue weighted by Gasteiger charge is 2.51. The second-order valence-corrected chi connectivity index (χ2v) is 7.61. The number of methoxy groups -OCH3 is 1. The maximum atomic E-state index is 13.3. The molecule has 2 aromatic rings. The first kappa shape index (κ1) is 21.4. The fraction of sp³-hybridized carbons (Fsp3) is 0.348. The minimum Gasteiger partial charge on any atom is -0.496 e. The molecule has 1 heterocycles. The largest absolute Gasteiger partial charge is 0.496 e. The number of hydrogen-bond acceptors (Lipinski definition) is 4. The van der Waals surface area contributed by atoms with Crippen LogP contribution in [0.3, 0.4) is 0 Å². The van der Waals surface area contributed by atoms with E-state index in [9.17, 15) is 14.4 Å². The summed E-state index contributed by atoms with van der Waals surface area (Å²) in [7, 11) is 1.58. The Hall–Kier alpha value is -3.35. The van der Waals surface area contributed by atoms with Crippen LogP contribution < -0.4 is 15.4 Å². The van der Waals surface area contributed by atoms with Gasteiger partial charge in [0.2, 0.25) is 5.91 Å². The zero-order valence-corrected chi connectivity index (χ0v) is 18.0. The molecule has 0 spiro atoms. The van der Waals surface area contributed by atoms with Gasteiger partial charge in [0, 0.05) is 5.69 Å². The van der Waals surface area contributed by atoms with Gasteiger partial charge in [-0.2, -0.15) is 0 Å². The highest BCUT2D eigenvalue weighted by Crippen LogP contribution is 2.34. The van der Waals surface area contributed by atoms with Crippen LogP contribution in [-0.2, 0) is 15.1 Å². The van der Waals surface area contributed by atoms with Gasteiger partial charge in [-0.25, -0.2) is 4.79 Å². The molecule has 1 unspecified atom stereocenters. The number of urea groups is 1. The number of carbonyl (C=O) groups is 3. The van der Waals surface area contributed by atoms with Gasteiger partial charge in [-0.3, -0.25) is 14.5 Å². The zero-order chi connectivity index (χ0) is 22.1. The van der Waals surface area contributed by atoms with Crippen LogP contribution in [0.15, 0.2) is 36.4 Å². The molecule has 0 radical (unpaired) electrons. The summed E-state index contributed by atoms with van der Waals surface area (Å²) in [6.07, 6.45) is 0.360. The van der Waals surface area contributed by atoms with Crippen LogP contribution in [0, 0.1) is 20.8 Å². The van der Waals surface area contributed by atoms with E-state index in [0.717, 1.165) is 21.6 Å². The van der Waals surface area contributed by atoms with E-state index in [2.05, 4.69) is 10.6 Å². The maximum absolute atomic E-state index is 13.3. The molecule has 0 bridgehead atoms. The van der Waals surface area contributed by atoms with E-state index in [1.165, 1.54) is 0 Å². The molecule has 7 nitrogen and oxygen atoms in total. The number of hydrogen-bond donors (Lipinski definition) is 2. The molecule has 158 valence electrons. The van der Waals surface area contributed by atoms with Gasteiger partial charge in [0.15, 0.2) is 0 Å². The first-order valence-corrected chi connectivity index (χ1v) is 9.88. The number of carbonyl (C=O) groups excluding carboxylic acids is 3. The van der Waals surface area contributed by atoms with Crippen LogP contribution in [0.5, 0.6) is 5.75 Å². The third-order valence-corrected chi connectivity index (χ3v) is 5.69. The van der Waals surface area contributed by atoms with E-state index in [1.54, 1.807) is 25.3 Å². The lowest BCUT2D eigenvalue weighted by Crippen LogP contribution is -2.44. The molecule has 0 aliphatic carbocycles. The smallest absolute Gasteiger partial charge is 0.325 e. The Morgan fingerprint density at radius 1 is 1.07 bits per heavy atom. The summed E-state index contributed by atoms with van der Waals surface area (Å²) in [5.74, 6) is -0.166. The minimum atomic E-state index is -1.20. The first-order chi connectivity index (χ1) is 14.2. The molecule has 7 heteroatoms. The Balaban J connectivity index is 1.81. The molecule has 3 rings (SSSR count). The molecule has 1 aliphatic heterocycles. The van der Waals surface area contributed by atoms with Crippen LogP contribution in [0.2, 0.25) is 0 Å². The predicted octanol–water partition coefficient (Wildman–Crippen LogP) is 3.42. The third-order valence-electron chi connectivity index (χ3n) is 5.69. The standard InChI is InChI=1S/C23H27N3O4/c1-6-23(17-8-10-19(30-5)16(4)11-17)21(28)26(22(29)25-23)13-20(27)24-18-9-7-14(2)15(3)12-18/h7-12H,6,13H2,1-5H3,(H,24,27)(H,25,29). The van der Waals surface area contributed by atoms with Crippen LogP contribution in [0.25, 0.3) is 0 Å². The summed E-state index contributed by atoms with van der Waals surface area (Å²) in [4.78, 5) is 39.4. The Bertz CT molecular complexity index is 1020. The van der Waals surface area contributed by atoms with Crippen molar-refractivity contribution in [3.8, 4) is 5.75 Å². The van der Waals surface area contributed by atoms with Gasteiger partial charge in [-0.15, -0.1) is 0 Å². The molecule has 4 amide bonds. The van der Waals surface area contributed by atoms with Crippen LogP contribution in [0.4, 0.5) is 10.5 Å². The van der Waals surface area contributed by atoms with Crippen LogP contribution in [-0.4, -0.2) is 36.4 Å². The molecule has 1 saturated heterocycles. The van der Waals surface area contributed by atoms with E-state index in [4.69, 9.17) is 4.74 Å². The van der Waals surface area contributed by atoms with Crippen LogP contribution in [0.1, 0.15) is 35.6 Å². The second-order valence-electron chi connectivity index (χ2n) is 7.61. The van der Waals surface area contributed by atoms with Crippen molar-refractivity contribution in [1.29, 1.82) is 0 Å². The summed E-state index contributed by atoms with van der Waals surface area (Å²) in [6, 6.07) is 10.4. The maximum Gasteiger partial charge on any atom is 0.325 e. The fourth-order valence-electron chi connectivity index (χ4n) is 3.72. The molecule has 0 saturated carbocycles. The molecular weight excluding hydrogens is 382 g/mol. The highest BCUT2D eigenvalue weighted by atomic mass is 16.5. The van der Waals surface area contributed by atoms with Crippen molar-refractivity contribution < 1.29 is 19.1 Å². The van der Waals surface area contributed by atoms with Crippen molar-refractivity contribution in [3.63, 3.8) is 0 Å². The summed E-state index contributed by atoms with van der Waals surface area (Å²) in [5.41, 5.74) is 3.11. The summed E-state index contributed by atoms with van der Waals surface area (Å²) >= 11 is 0. The van der Waals surface area contributed by atoms with Gasteiger partial charge in [0.25, 0.3) is 5.91 Å². The molecule has 1 fully saturated rings. The average molecular weight is 409 g/mol. The molecular formula is C23H27N3O4. The van der Waals surface area contributed by atoms with E-state index in [-0.39, 0.29) is 6.54 Å². The number of ether oxygens (including phenoxy) is 1. The quantitative estimate of drug-likeness (QED) is 0.716. The van der Waals surface area contributed by atoms with Crippen molar-refractivity contribution in [1.82, 2.24) is 10.2 Å². The van der Waals surface area contributed by atoms with E-state index < -0.39 is 23.4 Å². The fourth-order valence-corrected chi connectivity index (χ4v) is 3.72. The summed E-state index contributed by atoms with van der Waals surface area (Å²) < 4.78 is 5.29. The highest BCUT2D eigenvalue weighted by molar-refractivity contribution is 6.10.